The molecule has 2 aliphatic rings. The second kappa shape index (κ2) is 14.0. The van der Waals surface area contributed by atoms with Gasteiger partial charge in [-0.1, -0.05) is 85.0 Å². The lowest BCUT2D eigenvalue weighted by atomic mass is 9.78. The molecule has 8 heteroatoms. The van der Waals surface area contributed by atoms with Crippen LogP contribution in [0.2, 0.25) is 0 Å². The molecule has 40 heavy (non-hydrogen) atoms. The van der Waals surface area contributed by atoms with E-state index >= 15 is 0 Å². The van der Waals surface area contributed by atoms with E-state index in [4.69, 9.17) is 33.6 Å². The average Bonchev–Trinajstić information content (AvgIpc) is 2.94. The van der Waals surface area contributed by atoms with Crippen LogP contribution in [0.25, 0.3) is 0 Å². The van der Waals surface area contributed by atoms with Crippen LogP contribution in [-0.2, 0) is 16.2 Å². The third-order valence-corrected chi connectivity index (χ3v) is 7.57. The van der Waals surface area contributed by atoms with Crippen LogP contribution in [0, 0.1) is 12.3 Å². The van der Waals surface area contributed by atoms with Gasteiger partial charge in [0.2, 0.25) is 0 Å². The third kappa shape index (κ3) is 7.01. The topological polar surface area (TPSA) is 97.0 Å². The highest BCUT2D eigenvalue weighted by molar-refractivity contribution is 6.31. The summed E-state index contributed by atoms with van der Waals surface area (Å²) in [6.07, 6.45) is 14.3. The van der Waals surface area contributed by atoms with Gasteiger partial charge in [-0.05, 0) is 49.5 Å². The number of aliphatic imine (C=N–C) groups is 1. The molecule has 0 spiro atoms. The van der Waals surface area contributed by atoms with Crippen molar-refractivity contribution < 1.29 is 14.4 Å². The van der Waals surface area contributed by atoms with Gasteiger partial charge < -0.3 is 10.6 Å². The SMILES string of the molecule is C#C/C=C(Cl)\C=C/CC1[C@H](C(=O)NOCc2ccccc2)c2ccccc2C(=O)N1[C@H]1CCCC[C@@H]1N=C(C)N. The summed E-state index contributed by atoms with van der Waals surface area (Å²) in [7, 11) is 0. The zero-order valence-corrected chi connectivity index (χ0v) is 23.4. The minimum absolute atomic E-state index is 0.115. The predicted molar refractivity (Wildman–Crippen MR) is 158 cm³/mol. The van der Waals surface area contributed by atoms with Gasteiger partial charge in [0.25, 0.3) is 11.8 Å². The number of allylic oxidation sites excluding steroid dienone is 3. The monoisotopic (exact) mass is 558 g/mol. The number of carbonyl (C=O) groups is 2. The molecule has 0 aromatic heterocycles. The Kier molecular flexibility index (Phi) is 10.2. The molecule has 1 heterocycles. The molecule has 1 aliphatic carbocycles. The van der Waals surface area contributed by atoms with Crippen molar-refractivity contribution in [2.45, 2.75) is 69.7 Å². The van der Waals surface area contributed by atoms with E-state index in [9.17, 15) is 9.59 Å². The van der Waals surface area contributed by atoms with Gasteiger partial charge in [0, 0.05) is 16.7 Å². The molecule has 2 amide bonds. The van der Waals surface area contributed by atoms with Gasteiger partial charge in [0.15, 0.2) is 0 Å². The molecular weight excluding hydrogens is 524 g/mol. The van der Waals surface area contributed by atoms with Gasteiger partial charge in [-0.3, -0.25) is 19.4 Å². The Morgan fingerprint density at radius 1 is 1.20 bits per heavy atom. The number of amidine groups is 1. The van der Waals surface area contributed by atoms with Crippen molar-refractivity contribution in [3.05, 3.63) is 94.5 Å². The van der Waals surface area contributed by atoms with Crippen LogP contribution >= 0.6 is 11.6 Å². The molecule has 0 radical (unpaired) electrons. The van der Waals surface area contributed by atoms with E-state index in [0.717, 1.165) is 31.2 Å². The first-order chi connectivity index (χ1) is 19.4. The summed E-state index contributed by atoms with van der Waals surface area (Å²) in [4.78, 5) is 40.2. The Morgan fingerprint density at radius 3 is 2.67 bits per heavy atom. The number of rotatable bonds is 9. The number of nitrogens with two attached hydrogens (primary N) is 1. The summed E-state index contributed by atoms with van der Waals surface area (Å²) in [5.41, 5.74) is 10.8. The zero-order valence-electron chi connectivity index (χ0n) is 22.6. The summed E-state index contributed by atoms with van der Waals surface area (Å²) in [6, 6.07) is 16.0. The lowest BCUT2D eigenvalue weighted by Crippen LogP contribution is -2.59. The number of hydroxylamine groups is 1. The Balaban J connectivity index is 1.72. The van der Waals surface area contributed by atoms with Crippen molar-refractivity contribution in [3.63, 3.8) is 0 Å². The second-order valence-corrected chi connectivity index (χ2v) is 10.5. The van der Waals surface area contributed by atoms with Crippen molar-refractivity contribution in [1.82, 2.24) is 10.4 Å². The maximum Gasteiger partial charge on any atom is 0.254 e. The second-order valence-electron chi connectivity index (χ2n) is 10.1. The fourth-order valence-corrected chi connectivity index (χ4v) is 5.84. The number of fused-ring (bicyclic) bond motifs is 1. The van der Waals surface area contributed by atoms with Gasteiger partial charge in [0.05, 0.1) is 36.5 Å². The van der Waals surface area contributed by atoms with Crippen LogP contribution in [0.15, 0.2) is 82.9 Å². The first kappa shape index (κ1) is 29.1. The molecule has 1 fully saturated rings. The molecule has 4 rings (SSSR count). The third-order valence-electron chi connectivity index (χ3n) is 7.34. The summed E-state index contributed by atoms with van der Waals surface area (Å²) in [5.74, 6) is 1.76. The predicted octanol–water partition coefficient (Wildman–Crippen LogP) is 5.23. The fourth-order valence-electron chi connectivity index (χ4n) is 5.69. The Labute approximate surface area is 241 Å². The number of benzene rings is 2. The molecule has 1 saturated carbocycles. The fraction of sp³-hybridized carbons (Fsp3) is 0.344. The minimum Gasteiger partial charge on any atom is -0.388 e. The van der Waals surface area contributed by atoms with Crippen LogP contribution in [0.3, 0.4) is 0 Å². The van der Waals surface area contributed by atoms with E-state index in [1.165, 1.54) is 6.08 Å². The number of hydrogen-bond donors (Lipinski definition) is 2. The van der Waals surface area contributed by atoms with Gasteiger partial charge in [-0.15, -0.1) is 6.42 Å². The quantitative estimate of drug-likeness (QED) is 0.145. The molecule has 7 nitrogen and oxygen atoms in total. The number of carbonyl (C=O) groups excluding carboxylic acids is 2. The van der Waals surface area contributed by atoms with Crippen LogP contribution in [0.1, 0.15) is 66.4 Å². The number of nitrogens with one attached hydrogen (secondary N) is 1. The minimum atomic E-state index is -0.685. The van der Waals surface area contributed by atoms with Crippen LogP contribution in [0.4, 0.5) is 0 Å². The number of amides is 2. The van der Waals surface area contributed by atoms with Gasteiger partial charge in [0.1, 0.15) is 0 Å². The smallest absolute Gasteiger partial charge is 0.254 e. The van der Waals surface area contributed by atoms with E-state index in [0.29, 0.717) is 28.4 Å². The van der Waals surface area contributed by atoms with Crippen LogP contribution in [0.5, 0.6) is 0 Å². The molecule has 4 atom stereocenters. The van der Waals surface area contributed by atoms with Crippen LogP contribution < -0.4 is 11.2 Å². The van der Waals surface area contributed by atoms with E-state index in [1.807, 2.05) is 59.5 Å². The Hall–Kier alpha value is -3.86. The number of halogens is 1. The number of terminal acetylenes is 1. The van der Waals surface area contributed by atoms with E-state index in [1.54, 1.807) is 19.1 Å². The molecule has 2 aromatic carbocycles. The maximum absolute atomic E-state index is 14.1. The summed E-state index contributed by atoms with van der Waals surface area (Å²) in [5, 5.41) is 0.391. The molecule has 1 aliphatic heterocycles. The van der Waals surface area contributed by atoms with E-state index in [2.05, 4.69) is 11.4 Å². The standard InChI is InChI=1S/C32H35ClN4O3/c1-3-12-24(33)15-11-20-29-30(31(38)36-40-21-23-13-5-4-6-14-23)25-16-7-8-17-26(25)32(39)37(29)28-19-10-9-18-27(28)35-22(2)34/h1,4-8,11-17,27-30H,9-10,18-21H2,2H3,(H2,34,35)(H,36,38)/b15-11-,24-12+/t27-,28-,29?,30+/m0/s1. The summed E-state index contributed by atoms with van der Waals surface area (Å²) in [6.45, 7) is 1.98. The van der Waals surface area contributed by atoms with Crippen molar-refractivity contribution in [3.8, 4) is 12.3 Å². The highest BCUT2D eigenvalue weighted by Gasteiger charge is 2.47. The van der Waals surface area contributed by atoms with E-state index < -0.39 is 12.0 Å². The lowest BCUT2D eigenvalue weighted by Gasteiger charge is -2.48. The average molecular weight is 559 g/mol. The number of hydrogen-bond acceptors (Lipinski definition) is 4. The van der Waals surface area contributed by atoms with Gasteiger partial charge in [-0.2, -0.15) is 0 Å². The largest absolute Gasteiger partial charge is 0.388 e. The van der Waals surface area contributed by atoms with Gasteiger partial charge in [-0.25, -0.2) is 5.48 Å². The molecule has 1 unspecified atom stereocenters. The first-order valence-corrected chi connectivity index (χ1v) is 13.9. The van der Waals surface area contributed by atoms with Crippen molar-refractivity contribution in [2.75, 3.05) is 0 Å². The highest BCUT2D eigenvalue weighted by atomic mass is 35.5. The lowest BCUT2D eigenvalue weighted by molar-refractivity contribution is -0.138. The highest BCUT2D eigenvalue weighted by Crippen LogP contribution is 2.40. The van der Waals surface area contributed by atoms with Crippen molar-refractivity contribution >= 4 is 29.3 Å². The zero-order chi connectivity index (χ0) is 28.5. The molecule has 208 valence electrons. The summed E-state index contributed by atoms with van der Waals surface area (Å²) >= 11 is 6.22. The molecular formula is C32H35ClN4O3. The molecule has 0 bridgehead atoms. The van der Waals surface area contributed by atoms with Crippen molar-refractivity contribution in [2.24, 2.45) is 10.7 Å². The van der Waals surface area contributed by atoms with Gasteiger partial charge >= 0.3 is 0 Å². The molecule has 2 aromatic rings. The Bertz CT molecular complexity index is 1330. The van der Waals surface area contributed by atoms with Crippen LogP contribution in [-0.4, -0.2) is 40.7 Å². The summed E-state index contributed by atoms with van der Waals surface area (Å²) < 4.78 is 0. The molecule has 0 saturated heterocycles. The Morgan fingerprint density at radius 2 is 1.93 bits per heavy atom. The normalized spacial score (nSPS) is 23.5. The maximum atomic E-state index is 14.1. The van der Waals surface area contributed by atoms with E-state index in [-0.39, 0.29) is 30.5 Å². The first-order valence-electron chi connectivity index (χ1n) is 13.6. The molecule has 3 N–H and O–H groups in total. The number of nitrogens with zero attached hydrogens (tertiary/aromatic N) is 2. The van der Waals surface area contributed by atoms with Crippen molar-refractivity contribution in [1.29, 1.82) is 0 Å².